The fraction of sp³-hybridized carbons (Fsp3) is 0.0625. The molecule has 3 aromatic rings. The lowest BCUT2D eigenvalue weighted by atomic mass is 10.1. The highest BCUT2D eigenvalue weighted by Crippen LogP contribution is 2.21. The topological polar surface area (TPSA) is 22.1 Å². The van der Waals surface area contributed by atoms with Crippen LogP contribution in [0, 0.1) is 0 Å². The minimum Gasteiger partial charge on any atom is -0.489 e. The van der Waals surface area contributed by atoms with Crippen molar-refractivity contribution >= 4 is 26.8 Å². The first kappa shape index (κ1) is 12.2. The number of aromatic nitrogens is 1. The van der Waals surface area contributed by atoms with Gasteiger partial charge in [-0.1, -0.05) is 40.2 Å². The van der Waals surface area contributed by atoms with Gasteiger partial charge in [-0.25, -0.2) is 0 Å². The molecule has 0 aliphatic rings. The van der Waals surface area contributed by atoms with Gasteiger partial charge in [0.25, 0.3) is 0 Å². The Kier molecular flexibility index (Phi) is 3.47. The van der Waals surface area contributed by atoms with Crippen LogP contribution in [-0.4, -0.2) is 4.98 Å². The molecule has 0 saturated carbocycles. The van der Waals surface area contributed by atoms with E-state index in [1.165, 1.54) is 0 Å². The molecule has 0 amide bonds. The third-order valence-corrected chi connectivity index (χ3v) is 3.42. The predicted molar refractivity (Wildman–Crippen MR) is 80.2 cm³/mol. The molecule has 3 heteroatoms. The van der Waals surface area contributed by atoms with Gasteiger partial charge in [-0.3, -0.25) is 4.98 Å². The van der Waals surface area contributed by atoms with Crippen LogP contribution in [0.25, 0.3) is 10.9 Å². The van der Waals surface area contributed by atoms with Crippen molar-refractivity contribution in [2.45, 2.75) is 6.61 Å². The number of para-hydroxylation sites is 1. The predicted octanol–water partition coefficient (Wildman–Crippen LogP) is 4.58. The number of fused-ring (bicyclic) bond motifs is 1. The van der Waals surface area contributed by atoms with Crippen LogP contribution >= 0.6 is 15.9 Å². The summed E-state index contributed by atoms with van der Waals surface area (Å²) in [5.74, 6) is 0.857. The van der Waals surface area contributed by atoms with Crippen LogP contribution in [0.15, 0.2) is 65.3 Å². The molecule has 1 aromatic heterocycles. The first-order valence-corrected chi connectivity index (χ1v) is 6.83. The molecule has 0 N–H and O–H groups in total. The SMILES string of the molecule is Brc1cccc(OCc2ccnc3ccccc23)c1. The van der Waals surface area contributed by atoms with Gasteiger partial charge in [-0.05, 0) is 30.3 Å². The Hall–Kier alpha value is -1.87. The van der Waals surface area contributed by atoms with Gasteiger partial charge in [0.15, 0.2) is 0 Å². The summed E-state index contributed by atoms with van der Waals surface area (Å²) in [6.45, 7) is 0.541. The molecule has 2 nitrogen and oxygen atoms in total. The van der Waals surface area contributed by atoms with E-state index < -0.39 is 0 Å². The highest BCUT2D eigenvalue weighted by molar-refractivity contribution is 9.10. The Bertz CT molecular complexity index is 706. The van der Waals surface area contributed by atoms with E-state index >= 15 is 0 Å². The third kappa shape index (κ3) is 2.76. The summed E-state index contributed by atoms with van der Waals surface area (Å²) >= 11 is 3.44. The second kappa shape index (κ2) is 5.41. The molecule has 0 unspecified atom stereocenters. The zero-order chi connectivity index (χ0) is 13.1. The van der Waals surface area contributed by atoms with Crippen molar-refractivity contribution < 1.29 is 4.74 Å². The molecular formula is C16H12BrNO. The number of benzene rings is 2. The van der Waals surface area contributed by atoms with Gasteiger partial charge >= 0.3 is 0 Å². The molecule has 0 radical (unpaired) electrons. The maximum atomic E-state index is 5.82. The molecule has 0 aliphatic carbocycles. The molecule has 19 heavy (non-hydrogen) atoms. The minimum absolute atomic E-state index is 0.541. The molecule has 3 rings (SSSR count). The summed E-state index contributed by atoms with van der Waals surface area (Å²) in [6, 6.07) is 18.0. The second-order valence-corrected chi connectivity index (χ2v) is 5.15. The standard InChI is InChI=1S/C16H12BrNO/c17-13-4-3-5-14(10-13)19-11-12-8-9-18-16-7-2-1-6-15(12)16/h1-10H,11H2. The number of ether oxygens (including phenoxy) is 1. The lowest BCUT2D eigenvalue weighted by Gasteiger charge is -2.08. The number of pyridine rings is 1. The molecule has 0 spiro atoms. The van der Waals surface area contributed by atoms with Gasteiger partial charge in [0.05, 0.1) is 5.52 Å². The molecule has 0 bridgehead atoms. The molecule has 0 atom stereocenters. The highest BCUT2D eigenvalue weighted by Gasteiger charge is 2.02. The van der Waals surface area contributed by atoms with E-state index in [1.807, 2.05) is 54.7 Å². The summed E-state index contributed by atoms with van der Waals surface area (Å²) < 4.78 is 6.84. The van der Waals surface area contributed by atoms with Crippen LogP contribution < -0.4 is 4.74 Å². The van der Waals surface area contributed by atoms with E-state index in [2.05, 4.69) is 27.0 Å². The summed E-state index contributed by atoms with van der Waals surface area (Å²) in [5, 5.41) is 1.14. The monoisotopic (exact) mass is 313 g/mol. The maximum absolute atomic E-state index is 5.82. The lowest BCUT2D eigenvalue weighted by molar-refractivity contribution is 0.307. The summed E-state index contributed by atoms with van der Waals surface area (Å²) in [7, 11) is 0. The van der Waals surface area contributed by atoms with Crippen LogP contribution in [-0.2, 0) is 6.61 Å². The first-order valence-electron chi connectivity index (χ1n) is 6.04. The number of halogens is 1. The Morgan fingerprint density at radius 1 is 1.00 bits per heavy atom. The van der Waals surface area contributed by atoms with Gasteiger partial charge in [0.1, 0.15) is 12.4 Å². The number of hydrogen-bond acceptors (Lipinski definition) is 2. The van der Waals surface area contributed by atoms with Crippen LogP contribution in [0.5, 0.6) is 5.75 Å². The van der Waals surface area contributed by atoms with Crippen molar-refractivity contribution in [1.29, 1.82) is 0 Å². The zero-order valence-electron chi connectivity index (χ0n) is 10.2. The summed E-state index contributed by atoms with van der Waals surface area (Å²) in [4.78, 5) is 4.35. The van der Waals surface area contributed by atoms with E-state index in [0.717, 1.165) is 26.7 Å². The Balaban J connectivity index is 1.86. The van der Waals surface area contributed by atoms with Crippen LogP contribution in [0.4, 0.5) is 0 Å². The van der Waals surface area contributed by atoms with Crippen molar-refractivity contribution in [1.82, 2.24) is 4.98 Å². The number of hydrogen-bond donors (Lipinski definition) is 0. The fourth-order valence-corrected chi connectivity index (χ4v) is 2.38. The molecule has 94 valence electrons. The van der Waals surface area contributed by atoms with E-state index in [4.69, 9.17) is 4.74 Å². The van der Waals surface area contributed by atoms with E-state index in [0.29, 0.717) is 6.61 Å². The van der Waals surface area contributed by atoms with E-state index in [-0.39, 0.29) is 0 Å². The molecule has 0 aliphatic heterocycles. The van der Waals surface area contributed by atoms with Crippen molar-refractivity contribution in [3.05, 3.63) is 70.8 Å². The van der Waals surface area contributed by atoms with E-state index in [1.54, 1.807) is 0 Å². The second-order valence-electron chi connectivity index (χ2n) is 4.23. The van der Waals surface area contributed by atoms with Gasteiger partial charge in [0, 0.05) is 21.6 Å². The molecule has 0 fully saturated rings. The van der Waals surface area contributed by atoms with Crippen molar-refractivity contribution in [3.63, 3.8) is 0 Å². The minimum atomic E-state index is 0.541. The van der Waals surface area contributed by atoms with Crippen LogP contribution in [0.3, 0.4) is 0 Å². The normalized spacial score (nSPS) is 10.6. The Morgan fingerprint density at radius 3 is 2.79 bits per heavy atom. The average molecular weight is 314 g/mol. The van der Waals surface area contributed by atoms with Crippen molar-refractivity contribution in [2.75, 3.05) is 0 Å². The summed E-state index contributed by atoms with van der Waals surface area (Å²) in [6.07, 6.45) is 1.82. The maximum Gasteiger partial charge on any atom is 0.120 e. The molecule has 0 saturated heterocycles. The average Bonchev–Trinajstić information content (AvgIpc) is 2.45. The van der Waals surface area contributed by atoms with Gasteiger partial charge < -0.3 is 4.74 Å². The smallest absolute Gasteiger partial charge is 0.120 e. The Labute approximate surface area is 120 Å². The largest absolute Gasteiger partial charge is 0.489 e. The quantitative estimate of drug-likeness (QED) is 0.706. The van der Waals surface area contributed by atoms with Gasteiger partial charge in [0.2, 0.25) is 0 Å². The van der Waals surface area contributed by atoms with Crippen LogP contribution in [0.1, 0.15) is 5.56 Å². The fourth-order valence-electron chi connectivity index (χ4n) is 2.00. The number of nitrogens with zero attached hydrogens (tertiary/aromatic N) is 1. The van der Waals surface area contributed by atoms with Crippen molar-refractivity contribution in [2.24, 2.45) is 0 Å². The number of rotatable bonds is 3. The lowest BCUT2D eigenvalue weighted by Crippen LogP contribution is -1.97. The van der Waals surface area contributed by atoms with E-state index in [9.17, 15) is 0 Å². The van der Waals surface area contributed by atoms with Crippen molar-refractivity contribution in [3.8, 4) is 5.75 Å². The first-order chi connectivity index (χ1) is 9.33. The molecule has 1 heterocycles. The molecular weight excluding hydrogens is 302 g/mol. The molecule has 2 aromatic carbocycles. The highest BCUT2D eigenvalue weighted by atomic mass is 79.9. The summed E-state index contributed by atoms with van der Waals surface area (Å²) in [5.41, 5.74) is 2.14. The van der Waals surface area contributed by atoms with Gasteiger partial charge in [-0.2, -0.15) is 0 Å². The van der Waals surface area contributed by atoms with Crippen LogP contribution in [0.2, 0.25) is 0 Å². The Morgan fingerprint density at radius 2 is 1.89 bits per heavy atom. The van der Waals surface area contributed by atoms with Gasteiger partial charge in [-0.15, -0.1) is 0 Å². The third-order valence-electron chi connectivity index (χ3n) is 2.93. The zero-order valence-corrected chi connectivity index (χ0v) is 11.8.